The Morgan fingerprint density at radius 1 is 1.22 bits per heavy atom. The van der Waals surface area contributed by atoms with Crippen LogP contribution in [0.15, 0.2) is 28.9 Å². The predicted octanol–water partition coefficient (Wildman–Crippen LogP) is 3.07. The van der Waals surface area contributed by atoms with Crippen molar-refractivity contribution in [3.8, 4) is 0 Å². The third-order valence-corrected chi connectivity index (χ3v) is 3.83. The van der Waals surface area contributed by atoms with Crippen molar-refractivity contribution in [1.29, 1.82) is 0 Å². The standard InChI is InChI=1S/C17H23N3O3/c1-17(2,3)23-16(21)20-7-5-19(6-8-20)14-11-13(18)10-12-4-9-22-15(12)14/h4,9-11H,5-8,18H2,1-3H3. The highest BCUT2D eigenvalue weighted by molar-refractivity contribution is 5.92. The van der Waals surface area contributed by atoms with Crippen molar-refractivity contribution in [2.45, 2.75) is 26.4 Å². The molecule has 0 aliphatic carbocycles. The minimum atomic E-state index is -0.470. The van der Waals surface area contributed by atoms with E-state index < -0.39 is 5.60 Å². The van der Waals surface area contributed by atoms with Gasteiger partial charge in [-0.15, -0.1) is 0 Å². The Kier molecular flexibility index (Phi) is 3.83. The minimum absolute atomic E-state index is 0.257. The van der Waals surface area contributed by atoms with Crippen LogP contribution >= 0.6 is 0 Å². The molecule has 0 bridgehead atoms. The van der Waals surface area contributed by atoms with Crippen molar-refractivity contribution in [3.63, 3.8) is 0 Å². The molecule has 2 aromatic rings. The van der Waals surface area contributed by atoms with Crippen molar-refractivity contribution in [2.24, 2.45) is 0 Å². The number of furan rings is 1. The third-order valence-electron chi connectivity index (χ3n) is 3.83. The van der Waals surface area contributed by atoms with Crippen LogP contribution in [0.2, 0.25) is 0 Å². The molecule has 23 heavy (non-hydrogen) atoms. The summed E-state index contributed by atoms with van der Waals surface area (Å²) in [5.74, 6) is 0. The SMILES string of the molecule is CC(C)(C)OC(=O)N1CCN(c2cc(N)cc3ccoc23)CC1. The summed E-state index contributed by atoms with van der Waals surface area (Å²) in [7, 11) is 0. The molecule has 1 amide bonds. The van der Waals surface area contributed by atoms with Crippen molar-refractivity contribution in [3.05, 3.63) is 24.5 Å². The smallest absolute Gasteiger partial charge is 0.410 e. The average molecular weight is 317 g/mol. The van der Waals surface area contributed by atoms with Crippen molar-refractivity contribution < 1.29 is 13.9 Å². The summed E-state index contributed by atoms with van der Waals surface area (Å²) < 4.78 is 11.0. The largest absolute Gasteiger partial charge is 0.462 e. The number of benzene rings is 1. The second kappa shape index (κ2) is 5.68. The van der Waals surface area contributed by atoms with E-state index in [1.165, 1.54) is 0 Å². The summed E-state index contributed by atoms with van der Waals surface area (Å²) in [6.45, 7) is 8.30. The van der Waals surface area contributed by atoms with E-state index in [-0.39, 0.29) is 6.09 Å². The van der Waals surface area contributed by atoms with Crippen LogP contribution in [0.3, 0.4) is 0 Å². The van der Waals surface area contributed by atoms with Crippen LogP contribution in [0.4, 0.5) is 16.2 Å². The third kappa shape index (κ3) is 3.36. The molecule has 1 aliphatic heterocycles. The predicted molar refractivity (Wildman–Crippen MR) is 90.6 cm³/mol. The molecule has 1 aliphatic rings. The van der Waals surface area contributed by atoms with Crippen LogP contribution < -0.4 is 10.6 Å². The van der Waals surface area contributed by atoms with Crippen LogP contribution in [0.5, 0.6) is 0 Å². The molecule has 1 aromatic heterocycles. The molecule has 1 fully saturated rings. The lowest BCUT2D eigenvalue weighted by Gasteiger charge is -2.36. The molecule has 1 aromatic carbocycles. The van der Waals surface area contributed by atoms with E-state index in [0.717, 1.165) is 29.7 Å². The van der Waals surface area contributed by atoms with Gasteiger partial charge in [-0.05, 0) is 39.0 Å². The molecule has 2 N–H and O–H groups in total. The highest BCUT2D eigenvalue weighted by Crippen LogP contribution is 2.31. The molecule has 0 saturated carbocycles. The summed E-state index contributed by atoms with van der Waals surface area (Å²) in [6.07, 6.45) is 1.41. The quantitative estimate of drug-likeness (QED) is 0.818. The highest BCUT2D eigenvalue weighted by atomic mass is 16.6. The molecule has 2 heterocycles. The van der Waals surface area contributed by atoms with Crippen molar-refractivity contribution >= 4 is 28.4 Å². The fourth-order valence-corrected chi connectivity index (χ4v) is 2.78. The zero-order chi connectivity index (χ0) is 16.6. The van der Waals surface area contributed by atoms with E-state index in [4.69, 9.17) is 14.9 Å². The molecule has 0 spiro atoms. The molecule has 3 rings (SSSR count). The lowest BCUT2D eigenvalue weighted by Crippen LogP contribution is -2.50. The number of anilines is 2. The maximum atomic E-state index is 12.1. The Bertz CT molecular complexity index is 709. The number of ether oxygens (including phenoxy) is 1. The zero-order valence-electron chi connectivity index (χ0n) is 13.8. The van der Waals surface area contributed by atoms with Gasteiger partial charge >= 0.3 is 6.09 Å². The highest BCUT2D eigenvalue weighted by Gasteiger charge is 2.27. The second-order valence-electron chi connectivity index (χ2n) is 6.83. The number of nitrogens with zero attached hydrogens (tertiary/aromatic N) is 2. The van der Waals surface area contributed by atoms with Crippen LogP contribution in [-0.2, 0) is 4.74 Å². The van der Waals surface area contributed by atoms with E-state index in [2.05, 4.69) is 4.90 Å². The van der Waals surface area contributed by atoms with E-state index in [0.29, 0.717) is 18.8 Å². The van der Waals surface area contributed by atoms with Gasteiger partial charge in [0.1, 0.15) is 5.60 Å². The molecule has 124 valence electrons. The normalized spacial score (nSPS) is 16.0. The summed E-state index contributed by atoms with van der Waals surface area (Å²) in [5.41, 5.74) is 8.04. The van der Waals surface area contributed by atoms with Gasteiger partial charge in [0.2, 0.25) is 0 Å². The van der Waals surface area contributed by atoms with Crippen LogP contribution in [-0.4, -0.2) is 42.8 Å². The fraction of sp³-hybridized carbons (Fsp3) is 0.471. The number of nitrogen functional groups attached to an aromatic ring is 1. The Labute approximate surface area is 135 Å². The summed E-state index contributed by atoms with van der Waals surface area (Å²) in [4.78, 5) is 16.1. The average Bonchev–Trinajstić information content (AvgIpc) is 2.93. The topological polar surface area (TPSA) is 71.9 Å². The van der Waals surface area contributed by atoms with Gasteiger partial charge in [-0.3, -0.25) is 0 Å². The Balaban J connectivity index is 1.71. The number of fused-ring (bicyclic) bond motifs is 1. The fourth-order valence-electron chi connectivity index (χ4n) is 2.78. The van der Waals surface area contributed by atoms with Gasteiger partial charge in [0.05, 0.1) is 12.0 Å². The first-order chi connectivity index (χ1) is 10.8. The van der Waals surface area contributed by atoms with Gasteiger partial charge in [0, 0.05) is 37.3 Å². The Hall–Kier alpha value is -2.37. The lowest BCUT2D eigenvalue weighted by atomic mass is 10.1. The van der Waals surface area contributed by atoms with Gasteiger partial charge < -0.3 is 24.7 Å². The number of carbonyl (C=O) groups excluding carboxylic acids is 1. The molecule has 0 unspecified atom stereocenters. The van der Waals surface area contributed by atoms with Gasteiger partial charge in [0.15, 0.2) is 5.58 Å². The van der Waals surface area contributed by atoms with Gasteiger partial charge in [-0.2, -0.15) is 0 Å². The van der Waals surface area contributed by atoms with E-state index in [9.17, 15) is 4.79 Å². The summed E-state index contributed by atoms with van der Waals surface area (Å²) >= 11 is 0. The van der Waals surface area contributed by atoms with Crippen LogP contribution in [0, 0.1) is 0 Å². The van der Waals surface area contributed by atoms with Crippen molar-refractivity contribution in [2.75, 3.05) is 36.8 Å². The number of piperazine rings is 1. The summed E-state index contributed by atoms with van der Waals surface area (Å²) in [5, 5.41) is 0.995. The van der Waals surface area contributed by atoms with Gasteiger partial charge in [-0.25, -0.2) is 4.79 Å². The van der Waals surface area contributed by atoms with Gasteiger partial charge in [-0.1, -0.05) is 0 Å². The monoisotopic (exact) mass is 317 g/mol. The number of carbonyl (C=O) groups is 1. The molecular formula is C17H23N3O3. The van der Waals surface area contributed by atoms with Gasteiger partial charge in [0.25, 0.3) is 0 Å². The molecule has 6 nitrogen and oxygen atoms in total. The van der Waals surface area contributed by atoms with E-state index >= 15 is 0 Å². The molecular weight excluding hydrogens is 294 g/mol. The number of hydrogen-bond acceptors (Lipinski definition) is 5. The van der Waals surface area contributed by atoms with E-state index in [1.807, 2.05) is 39.0 Å². The van der Waals surface area contributed by atoms with Crippen LogP contribution in [0.1, 0.15) is 20.8 Å². The molecule has 6 heteroatoms. The maximum absolute atomic E-state index is 12.1. The molecule has 0 atom stereocenters. The first-order valence-electron chi connectivity index (χ1n) is 7.83. The van der Waals surface area contributed by atoms with E-state index in [1.54, 1.807) is 11.2 Å². The first kappa shape index (κ1) is 15.5. The Morgan fingerprint density at radius 2 is 1.91 bits per heavy atom. The van der Waals surface area contributed by atoms with Crippen molar-refractivity contribution in [1.82, 2.24) is 4.90 Å². The summed E-state index contributed by atoms with van der Waals surface area (Å²) in [6, 6.07) is 5.74. The molecule has 0 radical (unpaired) electrons. The number of nitrogens with two attached hydrogens (primary N) is 1. The number of amides is 1. The number of hydrogen-bond donors (Lipinski definition) is 1. The second-order valence-corrected chi connectivity index (χ2v) is 6.83. The minimum Gasteiger partial charge on any atom is -0.462 e. The zero-order valence-corrected chi connectivity index (χ0v) is 13.8. The number of rotatable bonds is 1. The maximum Gasteiger partial charge on any atom is 0.410 e. The molecule has 1 saturated heterocycles. The Morgan fingerprint density at radius 3 is 2.57 bits per heavy atom. The lowest BCUT2D eigenvalue weighted by molar-refractivity contribution is 0.0240. The van der Waals surface area contributed by atoms with Crippen LogP contribution in [0.25, 0.3) is 11.0 Å². The first-order valence-corrected chi connectivity index (χ1v) is 7.83.